The Hall–Kier alpha value is -1.32. The summed E-state index contributed by atoms with van der Waals surface area (Å²) in [6, 6.07) is 2.17. The van der Waals surface area contributed by atoms with Gasteiger partial charge in [0, 0.05) is 31.7 Å². The van der Waals surface area contributed by atoms with Gasteiger partial charge in [-0.25, -0.2) is 17.2 Å². The first-order valence-electron chi connectivity index (χ1n) is 6.19. The molecule has 0 aromatic heterocycles. The number of halogens is 2. The molecule has 116 valence electrons. The van der Waals surface area contributed by atoms with E-state index >= 15 is 0 Å². The molecule has 0 amide bonds. The summed E-state index contributed by atoms with van der Waals surface area (Å²) in [7, 11) is -3.28. The van der Waals surface area contributed by atoms with Gasteiger partial charge in [0.25, 0.3) is 0 Å². The number of anilines is 1. The molecule has 1 fully saturated rings. The van der Waals surface area contributed by atoms with Gasteiger partial charge in [0.05, 0.1) is 6.26 Å². The fraction of sp³-hybridized carbons (Fsp3) is 0.417. The minimum absolute atomic E-state index is 0.0822. The highest BCUT2D eigenvalue weighted by Crippen LogP contribution is 2.26. The lowest BCUT2D eigenvalue weighted by atomic mass is 10.1. The predicted octanol–water partition coefficient (Wildman–Crippen LogP) is 0.681. The Morgan fingerprint density at radius 3 is 2.05 bits per heavy atom. The number of rotatable bonds is 3. The van der Waals surface area contributed by atoms with E-state index in [0.717, 1.165) is 18.4 Å². The molecule has 1 heterocycles. The van der Waals surface area contributed by atoms with Crippen molar-refractivity contribution in [1.82, 2.24) is 4.31 Å². The summed E-state index contributed by atoms with van der Waals surface area (Å²) >= 11 is 4.69. The molecule has 1 aliphatic heterocycles. The molecule has 1 aromatic rings. The van der Waals surface area contributed by atoms with Crippen LogP contribution in [0, 0.1) is 11.6 Å². The quantitative estimate of drug-likeness (QED) is 0.823. The van der Waals surface area contributed by atoms with E-state index in [2.05, 4.69) is 0 Å². The molecule has 1 aromatic carbocycles. The van der Waals surface area contributed by atoms with Crippen molar-refractivity contribution < 1.29 is 17.2 Å². The Bertz CT molecular complexity index is 648. The fourth-order valence-corrected chi connectivity index (χ4v) is 3.20. The van der Waals surface area contributed by atoms with E-state index in [9.17, 15) is 17.2 Å². The van der Waals surface area contributed by atoms with Crippen molar-refractivity contribution >= 4 is 32.9 Å². The van der Waals surface area contributed by atoms with E-state index in [1.54, 1.807) is 0 Å². The minimum Gasteiger partial charge on any atom is -0.389 e. The number of hydrogen-bond donors (Lipinski definition) is 1. The first-order chi connectivity index (χ1) is 9.70. The third-order valence-corrected chi connectivity index (χ3v) is 4.86. The molecule has 1 saturated heterocycles. The normalized spacial score (nSPS) is 17.0. The van der Waals surface area contributed by atoms with Crippen LogP contribution in [0.5, 0.6) is 0 Å². The van der Waals surface area contributed by atoms with Gasteiger partial charge < -0.3 is 10.6 Å². The van der Waals surface area contributed by atoms with E-state index < -0.39 is 21.7 Å². The molecule has 9 heteroatoms. The van der Waals surface area contributed by atoms with Crippen LogP contribution in [-0.2, 0) is 10.0 Å². The molecule has 2 rings (SSSR count). The van der Waals surface area contributed by atoms with E-state index in [4.69, 9.17) is 18.0 Å². The Morgan fingerprint density at radius 2 is 1.67 bits per heavy atom. The maximum absolute atomic E-state index is 14.1. The van der Waals surface area contributed by atoms with Crippen molar-refractivity contribution in [3.63, 3.8) is 0 Å². The van der Waals surface area contributed by atoms with Crippen LogP contribution in [0.3, 0.4) is 0 Å². The lowest BCUT2D eigenvalue weighted by molar-refractivity contribution is 0.384. The number of nitrogens with two attached hydrogens (primary N) is 1. The van der Waals surface area contributed by atoms with Crippen LogP contribution in [0.25, 0.3) is 0 Å². The number of hydrogen-bond acceptors (Lipinski definition) is 4. The topological polar surface area (TPSA) is 66.6 Å². The summed E-state index contributed by atoms with van der Waals surface area (Å²) < 4.78 is 52.2. The molecule has 0 aliphatic carbocycles. The van der Waals surface area contributed by atoms with Crippen molar-refractivity contribution in [3.05, 3.63) is 29.3 Å². The van der Waals surface area contributed by atoms with Gasteiger partial charge in [-0.15, -0.1) is 0 Å². The molecule has 2 N–H and O–H groups in total. The molecule has 0 atom stereocenters. The molecule has 5 nitrogen and oxygen atoms in total. The van der Waals surface area contributed by atoms with Crippen molar-refractivity contribution in [3.8, 4) is 0 Å². The smallest absolute Gasteiger partial charge is 0.211 e. The molecule has 0 spiro atoms. The summed E-state index contributed by atoms with van der Waals surface area (Å²) in [6.45, 7) is 0.810. The van der Waals surface area contributed by atoms with Crippen LogP contribution in [0.4, 0.5) is 14.5 Å². The highest BCUT2D eigenvalue weighted by molar-refractivity contribution is 7.88. The fourth-order valence-electron chi connectivity index (χ4n) is 2.25. The predicted molar refractivity (Wildman–Crippen MR) is 80.9 cm³/mol. The van der Waals surface area contributed by atoms with E-state index in [1.165, 1.54) is 9.21 Å². The van der Waals surface area contributed by atoms with Gasteiger partial charge in [-0.05, 0) is 12.1 Å². The van der Waals surface area contributed by atoms with Crippen LogP contribution in [0.2, 0.25) is 0 Å². The summed E-state index contributed by atoms with van der Waals surface area (Å²) in [6.07, 6.45) is 1.11. The zero-order valence-electron chi connectivity index (χ0n) is 11.3. The van der Waals surface area contributed by atoms with Crippen LogP contribution >= 0.6 is 12.2 Å². The lowest BCUT2D eigenvalue weighted by Crippen LogP contribution is -2.48. The Labute approximate surface area is 127 Å². The SMILES string of the molecule is CS(=O)(=O)N1CCN(c2c(F)cc(C(N)=S)cc2F)CC1. The molecule has 1 aliphatic rings. The van der Waals surface area contributed by atoms with Crippen molar-refractivity contribution in [1.29, 1.82) is 0 Å². The Kier molecular flexibility index (Phi) is 4.45. The monoisotopic (exact) mass is 335 g/mol. The molecule has 0 bridgehead atoms. The molecule has 21 heavy (non-hydrogen) atoms. The van der Waals surface area contributed by atoms with Gasteiger partial charge >= 0.3 is 0 Å². The van der Waals surface area contributed by atoms with Crippen molar-refractivity contribution in [2.75, 3.05) is 37.3 Å². The minimum atomic E-state index is -3.28. The second-order valence-corrected chi connectivity index (χ2v) is 7.22. The largest absolute Gasteiger partial charge is 0.389 e. The zero-order valence-corrected chi connectivity index (χ0v) is 13.0. The van der Waals surface area contributed by atoms with E-state index in [-0.39, 0.29) is 42.4 Å². The first kappa shape index (κ1) is 16.1. The van der Waals surface area contributed by atoms with Gasteiger partial charge in [-0.2, -0.15) is 4.31 Å². The highest BCUT2D eigenvalue weighted by Gasteiger charge is 2.27. The van der Waals surface area contributed by atoms with Gasteiger partial charge in [0.1, 0.15) is 22.3 Å². The molecular weight excluding hydrogens is 320 g/mol. The van der Waals surface area contributed by atoms with Crippen LogP contribution in [-0.4, -0.2) is 50.1 Å². The van der Waals surface area contributed by atoms with Crippen LogP contribution in [0.1, 0.15) is 5.56 Å². The summed E-state index contributed by atoms with van der Waals surface area (Å²) in [4.78, 5) is 1.40. The maximum Gasteiger partial charge on any atom is 0.211 e. The van der Waals surface area contributed by atoms with E-state index in [1.807, 2.05) is 0 Å². The molecule has 0 unspecified atom stereocenters. The van der Waals surface area contributed by atoms with E-state index in [0.29, 0.717) is 0 Å². The average Bonchev–Trinajstić information content (AvgIpc) is 2.37. The maximum atomic E-state index is 14.1. The summed E-state index contributed by atoms with van der Waals surface area (Å²) in [5.41, 5.74) is 5.30. The number of thiocarbonyl (C=S) groups is 1. The zero-order chi connectivity index (χ0) is 15.8. The third kappa shape index (κ3) is 3.47. The Balaban J connectivity index is 2.23. The third-order valence-electron chi connectivity index (χ3n) is 3.33. The summed E-state index contributed by atoms with van der Waals surface area (Å²) in [5, 5.41) is 0. The van der Waals surface area contributed by atoms with Crippen LogP contribution < -0.4 is 10.6 Å². The number of benzene rings is 1. The standard InChI is InChI=1S/C12H15F2N3O2S2/c1-21(18,19)17-4-2-16(3-5-17)11-9(13)6-8(12(15)20)7-10(11)14/h6-7H,2-5H2,1H3,(H2,15,20). The number of sulfonamides is 1. The van der Waals surface area contributed by atoms with Gasteiger partial charge in [0.2, 0.25) is 10.0 Å². The van der Waals surface area contributed by atoms with Crippen LogP contribution in [0.15, 0.2) is 12.1 Å². The molecule has 0 saturated carbocycles. The number of nitrogens with zero attached hydrogens (tertiary/aromatic N) is 2. The molecular formula is C12H15F2N3O2S2. The van der Waals surface area contributed by atoms with Gasteiger partial charge in [-0.3, -0.25) is 0 Å². The second-order valence-electron chi connectivity index (χ2n) is 4.80. The van der Waals surface area contributed by atoms with Crippen molar-refractivity contribution in [2.45, 2.75) is 0 Å². The average molecular weight is 335 g/mol. The first-order valence-corrected chi connectivity index (χ1v) is 8.44. The number of piperazine rings is 1. The van der Waals surface area contributed by atoms with Gasteiger partial charge in [-0.1, -0.05) is 12.2 Å². The highest BCUT2D eigenvalue weighted by atomic mass is 32.2. The lowest BCUT2D eigenvalue weighted by Gasteiger charge is -2.35. The molecule has 0 radical (unpaired) electrons. The second kappa shape index (κ2) is 5.82. The van der Waals surface area contributed by atoms with Crippen molar-refractivity contribution in [2.24, 2.45) is 5.73 Å². The summed E-state index contributed by atoms with van der Waals surface area (Å²) in [5.74, 6) is -1.52. The van der Waals surface area contributed by atoms with Gasteiger partial charge in [0.15, 0.2) is 0 Å². The Morgan fingerprint density at radius 1 is 1.19 bits per heavy atom.